The molecular formula is C9H6ClNO3. The molecule has 0 fully saturated rings. The molecule has 5 heteroatoms. The van der Waals surface area contributed by atoms with E-state index in [2.05, 4.69) is 6.58 Å². The zero-order valence-corrected chi connectivity index (χ0v) is 7.82. The third kappa shape index (κ3) is 1.97. The summed E-state index contributed by atoms with van der Waals surface area (Å²) in [6.07, 6.45) is 1.01. The van der Waals surface area contributed by atoms with Crippen LogP contribution in [0.1, 0.15) is 10.4 Å². The molecule has 0 N–H and O–H groups in total. The first-order valence-electron chi connectivity index (χ1n) is 3.67. The maximum atomic E-state index is 11.2. The zero-order chi connectivity index (χ0) is 10.7. The monoisotopic (exact) mass is 211 g/mol. The highest BCUT2D eigenvalue weighted by Gasteiger charge is 2.17. The van der Waals surface area contributed by atoms with E-state index < -0.39 is 10.7 Å². The van der Waals surface area contributed by atoms with Crippen molar-refractivity contribution in [3.8, 4) is 0 Å². The number of rotatable bonds is 3. The van der Waals surface area contributed by atoms with Gasteiger partial charge in [0.15, 0.2) is 5.78 Å². The molecule has 1 rings (SSSR count). The van der Waals surface area contributed by atoms with Crippen LogP contribution in [0.2, 0.25) is 5.02 Å². The first-order valence-corrected chi connectivity index (χ1v) is 4.04. The quantitative estimate of drug-likeness (QED) is 0.334. The van der Waals surface area contributed by atoms with Gasteiger partial charge in [0, 0.05) is 11.1 Å². The van der Waals surface area contributed by atoms with Crippen LogP contribution >= 0.6 is 11.6 Å². The second-order valence-electron chi connectivity index (χ2n) is 2.49. The van der Waals surface area contributed by atoms with E-state index in [1.54, 1.807) is 0 Å². The lowest BCUT2D eigenvalue weighted by Crippen LogP contribution is -2.00. The van der Waals surface area contributed by atoms with Gasteiger partial charge in [-0.05, 0) is 18.2 Å². The number of benzene rings is 1. The van der Waals surface area contributed by atoms with Crippen LogP contribution in [0.3, 0.4) is 0 Å². The van der Waals surface area contributed by atoms with Crippen LogP contribution in [0.25, 0.3) is 0 Å². The van der Waals surface area contributed by atoms with E-state index in [4.69, 9.17) is 11.6 Å². The summed E-state index contributed by atoms with van der Waals surface area (Å²) in [5.41, 5.74) is -0.309. The number of nitro benzene ring substituents is 1. The van der Waals surface area contributed by atoms with Crippen molar-refractivity contribution in [2.75, 3.05) is 0 Å². The fourth-order valence-corrected chi connectivity index (χ4v) is 1.15. The Bertz CT molecular complexity index is 415. The van der Waals surface area contributed by atoms with Crippen molar-refractivity contribution < 1.29 is 9.72 Å². The molecule has 0 amide bonds. The number of allylic oxidation sites excluding steroid dienone is 1. The molecule has 1 aromatic carbocycles. The summed E-state index contributed by atoms with van der Waals surface area (Å²) in [6, 6.07) is 3.81. The summed E-state index contributed by atoms with van der Waals surface area (Å²) in [5, 5.41) is 10.8. The summed E-state index contributed by atoms with van der Waals surface area (Å²) >= 11 is 5.61. The summed E-state index contributed by atoms with van der Waals surface area (Å²) in [6.45, 7) is 3.25. The minimum absolute atomic E-state index is 0.0440. The predicted molar refractivity (Wildman–Crippen MR) is 52.6 cm³/mol. The van der Waals surface area contributed by atoms with Gasteiger partial charge in [0.05, 0.1) is 4.92 Å². The molecule has 72 valence electrons. The minimum atomic E-state index is -0.632. The lowest BCUT2D eigenvalue weighted by Gasteiger charge is -1.98. The predicted octanol–water partition coefficient (Wildman–Crippen LogP) is 2.62. The fourth-order valence-electron chi connectivity index (χ4n) is 0.975. The Morgan fingerprint density at radius 1 is 1.57 bits per heavy atom. The Morgan fingerprint density at radius 2 is 2.21 bits per heavy atom. The van der Waals surface area contributed by atoms with Gasteiger partial charge < -0.3 is 0 Å². The molecule has 0 spiro atoms. The Morgan fingerprint density at radius 3 is 2.71 bits per heavy atom. The van der Waals surface area contributed by atoms with E-state index in [1.807, 2.05) is 0 Å². The van der Waals surface area contributed by atoms with E-state index in [-0.39, 0.29) is 16.3 Å². The molecule has 0 aliphatic heterocycles. The number of ketones is 1. The van der Waals surface area contributed by atoms with E-state index in [0.717, 1.165) is 6.08 Å². The van der Waals surface area contributed by atoms with Gasteiger partial charge in [-0.25, -0.2) is 0 Å². The summed E-state index contributed by atoms with van der Waals surface area (Å²) in [7, 11) is 0. The van der Waals surface area contributed by atoms with Gasteiger partial charge in [-0.1, -0.05) is 18.2 Å². The number of hydrogen-bond acceptors (Lipinski definition) is 3. The lowest BCUT2D eigenvalue weighted by atomic mass is 10.1. The van der Waals surface area contributed by atoms with Gasteiger partial charge in [0.1, 0.15) is 5.56 Å². The van der Waals surface area contributed by atoms with Gasteiger partial charge in [-0.3, -0.25) is 14.9 Å². The summed E-state index contributed by atoms with van der Waals surface area (Å²) in [5.74, 6) is -0.515. The summed E-state index contributed by atoms with van der Waals surface area (Å²) in [4.78, 5) is 21.1. The van der Waals surface area contributed by atoms with Crippen molar-refractivity contribution in [2.24, 2.45) is 0 Å². The second-order valence-corrected chi connectivity index (χ2v) is 2.92. The molecule has 0 saturated carbocycles. The van der Waals surface area contributed by atoms with Gasteiger partial charge in [0.2, 0.25) is 0 Å². The smallest absolute Gasteiger partial charge is 0.280 e. The van der Waals surface area contributed by atoms with E-state index in [0.29, 0.717) is 0 Å². The Hall–Kier alpha value is -1.68. The summed E-state index contributed by atoms with van der Waals surface area (Å²) < 4.78 is 0. The van der Waals surface area contributed by atoms with Crippen molar-refractivity contribution in [3.05, 3.63) is 51.6 Å². The van der Waals surface area contributed by atoms with E-state index in [1.165, 1.54) is 18.2 Å². The minimum Gasteiger partial charge on any atom is -0.289 e. The average Bonchev–Trinajstić information content (AvgIpc) is 2.16. The number of halogens is 1. The first kappa shape index (κ1) is 10.4. The number of nitrogens with zero attached hydrogens (tertiary/aromatic N) is 1. The standard InChI is InChI=1S/C9H6ClNO3/c1-2-9(12)7-5-6(10)3-4-8(7)11(13)14/h2-5H,1H2. The molecule has 0 aliphatic rings. The van der Waals surface area contributed by atoms with Crippen molar-refractivity contribution in [1.29, 1.82) is 0 Å². The van der Waals surface area contributed by atoms with Gasteiger partial charge in [-0.15, -0.1) is 0 Å². The largest absolute Gasteiger partial charge is 0.289 e. The number of hydrogen-bond donors (Lipinski definition) is 0. The van der Waals surface area contributed by atoms with Gasteiger partial charge in [-0.2, -0.15) is 0 Å². The Kier molecular flexibility index (Phi) is 2.99. The second kappa shape index (κ2) is 4.02. The molecule has 0 heterocycles. The normalized spacial score (nSPS) is 9.50. The average molecular weight is 212 g/mol. The highest BCUT2D eigenvalue weighted by molar-refractivity contribution is 6.31. The van der Waals surface area contributed by atoms with Crippen molar-refractivity contribution in [3.63, 3.8) is 0 Å². The third-order valence-electron chi connectivity index (χ3n) is 1.61. The highest BCUT2D eigenvalue weighted by Crippen LogP contribution is 2.23. The van der Waals surface area contributed by atoms with Gasteiger partial charge in [0.25, 0.3) is 5.69 Å². The third-order valence-corrected chi connectivity index (χ3v) is 1.84. The Balaban J connectivity index is 3.36. The first-order chi connectivity index (χ1) is 6.56. The van der Waals surface area contributed by atoms with Crippen molar-refractivity contribution in [1.82, 2.24) is 0 Å². The van der Waals surface area contributed by atoms with Gasteiger partial charge >= 0.3 is 0 Å². The van der Waals surface area contributed by atoms with Crippen LogP contribution in [-0.4, -0.2) is 10.7 Å². The maximum absolute atomic E-state index is 11.2. The molecule has 0 bridgehead atoms. The lowest BCUT2D eigenvalue weighted by molar-refractivity contribution is -0.385. The van der Waals surface area contributed by atoms with Crippen molar-refractivity contribution in [2.45, 2.75) is 0 Å². The van der Waals surface area contributed by atoms with Crippen LogP contribution in [0.5, 0.6) is 0 Å². The SMILES string of the molecule is C=CC(=O)c1cc(Cl)ccc1[N+](=O)[O-]. The highest BCUT2D eigenvalue weighted by atomic mass is 35.5. The molecule has 0 aliphatic carbocycles. The topological polar surface area (TPSA) is 60.2 Å². The maximum Gasteiger partial charge on any atom is 0.280 e. The molecule has 0 atom stereocenters. The number of carbonyl (C=O) groups excluding carboxylic acids is 1. The molecule has 0 radical (unpaired) electrons. The van der Waals surface area contributed by atoms with Crippen LogP contribution in [0.4, 0.5) is 5.69 Å². The van der Waals surface area contributed by atoms with Crippen LogP contribution < -0.4 is 0 Å². The fraction of sp³-hybridized carbons (Fsp3) is 0. The zero-order valence-electron chi connectivity index (χ0n) is 7.07. The molecular weight excluding hydrogens is 206 g/mol. The molecule has 0 saturated heterocycles. The van der Waals surface area contributed by atoms with E-state index >= 15 is 0 Å². The number of carbonyl (C=O) groups is 1. The van der Waals surface area contributed by atoms with E-state index in [9.17, 15) is 14.9 Å². The molecule has 14 heavy (non-hydrogen) atoms. The molecule has 1 aromatic rings. The number of nitro groups is 1. The Labute approximate surface area is 85.0 Å². The van der Waals surface area contributed by atoms with Crippen LogP contribution in [-0.2, 0) is 0 Å². The van der Waals surface area contributed by atoms with Crippen LogP contribution in [0, 0.1) is 10.1 Å². The molecule has 0 unspecified atom stereocenters. The van der Waals surface area contributed by atoms with Crippen LogP contribution in [0.15, 0.2) is 30.9 Å². The van der Waals surface area contributed by atoms with Crippen molar-refractivity contribution >= 4 is 23.1 Å². The molecule has 0 aromatic heterocycles. The molecule has 4 nitrogen and oxygen atoms in total.